The Hall–Kier alpha value is -2.57. The van der Waals surface area contributed by atoms with E-state index in [4.69, 9.17) is 4.74 Å². The lowest BCUT2D eigenvalue weighted by Gasteiger charge is -2.03. The third kappa shape index (κ3) is 2.51. The minimum Gasteiger partial charge on any atom is -0.497 e. The molecule has 7 nitrogen and oxygen atoms in total. The summed E-state index contributed by atoms with van der Waals surface area (Å²) in [5.41, 5.74) is 0.0597. The Morgan fingerprint density at radius 3 is 2.59 bits per heavy atom. The fourth-order valence-electron chi connectivity index (χ4n) is 1.24. The first-order valence-electron chi connectivity index (χ1n) is 4.79. The van der Waals surface area contributed by atoms with E-state index in [-0.39, 0.29) is 5.82 Å². The van der Waals surface area contributed by atoms with Crippen molar-refractivity contribution in [1.29, 1.82) is 0 Å². The second kappa shape index (κ2) is 4.52. The van der Waals surface area contributed by atoms with Crippen LogP contribution in [0.1, 0.15) is 10.6 Å². The molecule has 0 atom stereocenters. The van der Waals surface area contributed by atoms with E-state index in [0.29, 0.717) is 11.4 Å². The summed E-state index contributed by atoms with van der Waals surface area (Å²) in [4.78, 5) is 24.6. The van der Waals surface area contributed by atoms with E-state index >= 15 is 0 Å². The second-order valence-corrected chi connectivity index (χ2v) is 3.21. The van der Waals surface area contributed by atoms with Gasteiger partial charge in [-0.1, -0.05) is 0 Å². The van der Waals surface area contributed by atoms with Crippen LogP contribution in [0.3, 0.4) is 0 Å². The van der Waals surface area contributed by atoms with Crippen LogP contribution >= 0.6 is 0 Å². The van der Waals surface area contributed by atoms with E-state index in [2.05, 4.69) is 20.5 Å². The molecular formula is C10H10N4O3. The van der Waals surface area contributed by atoms with Gasteiger partial charge < -0.3 is 10.1 Å². The number of hydrogen-bond donors (Lipinski definition) is 3. The smallest absolute Gasteiger partial charge is 0.341 e. The van der Waals surface area contributed by atoms with Crippen molar-refractivity contribution in [3.05, 3.63) is 40.6 Å². The number of methoxy groups -OCH3 is 1. The molecule has 88 valence electrons. The second-order valence-electron chi connectivity index (χ2n) is 3.21. The zero-order chi connectivity index (χ0) is 12.3. The Bertz CT molecular complexity index is 570. The molecule has 0 saturated heterocycles. The van der Waals surface area contributed by atoms with Crippen LogP contribution in [0.15, 0.2) is 29.1 Å². The number of ether oxygens (including phenoxy) is 1. The van der Waals surface area contributed by atoms with Gasteiger partial charge >= 0.3 is 5.69 Å². The molecule has 2 aromatic rings. The molecule has 2 rings (SSSR count). The van der Waals surface area contributed by atoms with Crippen LogP contribution in [0.5, 0.6) is 5.75 Å². The molecule has 7 heteroatoms. The molecule has 0 bridgehead atoms. The van der Waals surface area contributed by atoms with Gasteiger partial charge in [0.15, 0.2) is 0 Å². The number of benzene rings is 1. The number of carbonyl (C=O) groups excluding carboxylic acids is 1. The van der Waals surface area contributed by atoms with Gasteiger partial charge in [0.05, 0.1) is 7.11 Å². The minimum absolute atomic E-state index is 0.0641. The zero-order valence-corrected chi connectivity index (χ0v) is 8.98. The Morgan fingerprint density at radius 1 is 1.35 bits per heavy atom. The molecule has 0 saturated carbocycles. The normalized spacial score (nSPS) is 9.94. The van der Waals surface area contributed by atoms with E-state index in [1.165, 1.54) is 0 Å². The highest BCUT2D eigenvalue weighted by molar-refractivity contribution is 6.01. The molecule has 1 aromatic carbocycles. The number of H-pyrrole nitrogens is 2. The zero-order valence-electron chi connectivity index (χ0n) is 8.98. The maximum absolute atomic E-state index is 11.6. The number of carbonyl (C=O) groups is 1. The lowest BCUT2D eigenvalue weighted by molar-refractivity contribution is 0.101. The van der Waals surface area contributed by atoms with Gasteiger partial charge in [0.25, 0.3) is 5.91 Å². The van der Waals surface area contributed by atoms with Crippen molar-refractivity contribution < 1.29 is 9.53 Å². The highest BCUT2D eigenvalue weighted by atomic mass is 16.5. The number of anilines is 1. The standard InChI is InChI=1S/C10H10N4O3/c1-17-7-4-2-6(3-5-7)11-9(15)8-12-10(16)14-13-8/h2-5H,1H3,(H,11,15)(H2,12,13,14,16). The number of aromatic amines is 2. The lowest BCUT2D eigenvalue weighted by atomic mass is 10.3. The first kappa shape index (κ1) is 10.9. The van der Waals surface area contributed by atoms with Crippen molar-refractivity contribution in [2.24, 2.45) is 0 Å². The quantitative estimate of drug-likeness (QED) is 0.713. The highest BCUT2D eigenvalue weighted by Crippen LogP contribution is 2.15. The molecule has 17 heavy (non-hydrogen) atoms. The largest absolute Gasteiger partial charge is 0.497 e. The Kier molecular flexibility index (Phi) is 2.91. The third-order valence-electron chi connectivity index (χ3n) is 2.06. The van der Waals surface area contributed by atoms with E-state index in [1.54, 1.807) is 31.4 Å². The van der Waals surface area contributed by atoms with Gasteiger partial charge in [-0.15, -0.1) is 5.10 Å². The summed E-state index contributed by atoms with van der Waals surface area (Å²) in [6, 6.07) is 6.79. The van der Waals surface area contributed by atoms with Gasteiger partial charge in [0.1, 0.15) is 5.75 Å². The van der Waals surface area contributed by atoms with Crippen LogP contribution in [0.4, 0.5) is 5.69 Å². The SMILES string of the molecule is COc1ccc(NC(=O)c2n[nH]c(=O)[nH]2)cc1. The van der Waals surface area contributed by atoms with E-state index in [9.17, 15) is 9.59 Å². The number of rotatable bonds is 3. The molecule has 0 radical (unpaired) electrons. The van der Waals surface area contributed by atoms with Crippen molar-refractivity contribution in [2.75, 3.05) is 12.4 Å². The summed E-state index contributed by atoms with van der Waals surface area (Å²) in [6.07, 6.45) is 0. The number of hydrogen-bond acceptors (Lipinski definition) is 4. The molecule has 1 heterocycles. The molecule has 0 aliphatic heterocycles. The van der Waals surface area contributed by atoms with Crippen LogP contribution in [0, 0.1) is 0 Å². The fourth-order valence-corrected chi connectivity index (χ4v) is 1.24. The van der Waals surface area contributed by atoms with Crippen molar-refractivity contribution in [3.8, 4) is 5.75 Å². The van der Waals surface area contributed by atoms with Crippen LogP contribution in [-0.2, 0) is 0 Å². The third-order valence-corrected chi connectivity index (χ3v) is 2.06. The Balaban J connectivity index is 2.10. The van der Waals surface area contributed by atoms with Crippen LogP contribution in [0.25, 0.3) is 0 Å². The van der Waals surface area contributed by atoms with Crippen molar-refractivity contribution in [3.63, 3.8) is 0 Å². The van der Waals surface area contributed by atoms with Gasteiger partial charge in [0, 0.05) is 5.69 Å². The molecule has 1 aromatic heterocycles. The summed E-state index contributed by atoms with van der Waals surface area (Å²) in [5, 5.41) is 8.20. The van der Waals surface area contributed by atoms with Crippen molar-refractivity contribution in [1.82, 2.24) is 15.2 Å². The molecule has 0 spiro atoms. The number of nitrogens with one attached hydrogen (secondary N) is 3. The lowest BCUT2D eigenvalue weighted by Crippen LogP contribution is -2.14. The van der Waals surface area contributed by atoms with Gasteiger partial charge in [-0.3, -0.25) is 9.78 Å². The molecule has 0 fully saturated rings. The number of aromatic nitrogens is 3. The average Bonchev–Trinajstić information content (AvgIpc) is 2.77. The fraction of sp³-hybridized carbons (Fsp3) is 0.100. The first-order valence-corrected chi connectivity index (χ1v) is 4.79. The summed E-state index contributed by atoms with van der Waals surface area (Å²) < 4.78 is 4.98. The summed E-state index contributed by atoms with van der Waals surface area (Å²) >= 11 is 0. The van der Waals surface area contributed by atoms with Gasteiger partial charge in [-0.2, -0.15) is 0 Å². The van der Waals surface area contributed by atoms with Gasteiger partial charge in [-0.05, 0) is 24.3 Å². The number of nitrogens with zero attached hydrogens (tertiary/aromatic N) is 1. The van der Waals surface area contributed by atoms with E-state index in [1.807, 2.05) is 0 Å². The monoisotopic (exact) mass is 234 g/mol. The van der Waals surface area contributed by atoms with Gasteiger partial charge in [-0.25, -0.2) is 9.89 Å². The average molecular weight is 234 g/mol. The van der Waals surface area contributed by atoms with Crippen molar-refractivity contribution >= 4 is 11.6 Å². The summed E-state index contributed by atoms with van der Waals surface area (Å²) in [7, 11) is 1.56. The van der Waals surface area contributed by atoms with Crippen LogP contribution in [0.2, 0.25) is 0 Å². The minimum atomic E-state index is -0.523. The summed E-state index contributed by atoms with van der Waals surface area (Å²) in [5.74, 6) is 0.135. The van der Waals surface area contributed by atoms with E-state index in [0.717, 1.165) is 0 Å². The highest BCUT2D eigenvalue weighted by Gasteiger charge is 2.09. The molecule has 0 unspecified atom stereocenters. The first-order chi connectivity index (χ1) is 8.19. The molecule has 3 N–H and O–H groups in total. The maximum atomic E-state index is 11.6. The summed E-state index contributed by atoms with van der Waals surface area (Å²) in [6.45, 7) is 0. The predicted molar refractivity (Wildman–Crippen MR) is 60.2 cm³/mol. The molecule has 0 aliphatic carbocycles. The van der Waals surface area contributed by atoms with Crippen LogP contribution < -0.4 is 15.7 Å². The van der Waals surface area contributed by atoms with Crippen molar-refractivity contribution in [2.45, 2.75) is 0 Å². The molecule has 1 amide bonds. The van der Waals surface area contributed by atoms with E-state index < -0.39 is 11.6 Å². The van der Waals surface area contributed by atoms with Crippen LogP contribution in [-0.4, -0.2) is 28.2 Å². The maximum Gasteiger partial charge on any atom is 0.341 e. The molecular weight excluding hydrogens is 224 g/mol. The predicted octanol–water partition coefficient (Wildman–Crippen LogP) is 0.359. The number of amides is 1. The topological polar surface area (TPSA) is 99.9 Å². The molecule has 0 aliphatic rings. The Labute approximate surface area is 95.8 Å². The Morgan fingerprint density at radius 2 is 2.06 bits per heavy atom. The van der Waals surface area contributed by atoms with Gasteiger partial charge in [0.2, 0.25) is 5.82 Å².